The summed E-state index contributed by atoms with van der Waals surface area (Å²) >= 11 is 0. The molecule has 0 saturated heterocycles. The summed E-state index contributed by atoms with van der Waals surface area (Å²) < 4.78 is 31.6. The van der Waals surface area contributed by atoms with Gasteiger partial charge in [-0.15, -0.1) is 0 Å². The van der Waals surface area contributed by atoms with Crippen LogP contribution in [0, 0.1) is 11.8 Å². The number of hydrogen-bond acceptors (Lipinski definition) is 5. The van der Waals surface area contributed by atoms with E-state index >= 15 is 0 Å². The topological polar surface area (TPSA) is 85.4 Å². The fourth-order valence-electron chi connectivity index (χ4n) is 3.03. The van der Waals surface area contributed by atoms with Crippen molar-refractivity contribution in [3.63, 3.8) is 0 Å². The standard InChI is InChI=1S/C16H24N2O4S/c1-22-16(19)14(10-13-6-2-3-7-13)11-18-23(20,21)12-15-8-4-5-9-17-15/h4-5,8-9,13-14,18H,2-3,6-7,10-12H2,1H3. The highest BCUT2D eigenvalue weighted by Gasteiger charge is 2.27. The molecule has 1 fully saturated rings. The van der Waals surface area contributed by atoms with Gasteiger partial charge >= 0.3 is 5.97 Å². The largest absolute Gasteiger partial charge is 0.469 e. The third kappa shape index (κ3) is 5.91. The van der Waals surface area contributed by atoms with Gasteiger partial charge in [0.05, 0.1) is 18.7 Å². The number of carbonyl (C=O) groups is 1. The fraction of sp³-hybridized carbons (Fsp3) is 0.625. The van der Waals surface area contributed by atoms with E-state index in [1.165, 1.54) is 20.0 Å². The van der Waals surface area contributed by atoms with Gasteiger partial charge in [-0.1, -0.05) is 31.7 Å². The van der Waals surface area contributed by atoms with Crippen molar-refractivity contribution in [1.29, 1.82) is 0 Å². The summed E-state index contributed by atoms with van der Waals surface area (Å²) in [7, 11) is -2.19. The lowest BCUT2D eigenvalue weighted by molar-refractivity contribution is -0.145. The molecule has 1 heterocycles. The molecule has 1 aliphatic carbocycles. The van der Waals surface area contributed by atoms with Crippen molar-refractivity contribution in [2.45, 2.75) is 37.9 Å². The molecule has 1 atom stereocenters. The van der Waals surface area contributed by atoms with Crippen molar-refractivity contribution < 1.29 is 17.9 Å². The van der Waals surface area contributed by atoms with Gasteiger partial charge in [0.2, 0.25) is 10.0 Å². The lowest BCUT2D eigenvalue weighted by Gasteiger charge is -2.19. The van der Waals surface area contributed by atoms with Crippen LogP contribution in [0.25, 0.3) is 0 Å². The highest BCUT2D eigenvalue weighted by Crippen LogP contribution is 2.30. The first-order chi connectivity index (χ1) is 11.0. The van der Waals surface area contributed by atoms with Crippen LogP contribution in [0.2, 0.25) is 0 Å². The van der Waals surface area contributed by atoms with E-state index in [9.17, 15) is 13.2 Å². The second-order valence-corrected chi connectivity index (χ2v) is 7.84. The first kappa shape index (κ1) is 17.9. The van der Waals surface area contributed by atoms with Gasteiger partial charge in [-0.25, -0.2) is 13.1 Å². The van der Waals surface area contributed by atoms with Gasteiger partial charge in [0.1, 0.15) is 5.75 Å². The molecule has 23 heavy (non-hydrogen) atoms. The van der Waals surface area contributed by atoms with E-state index in [-0.39, 0.29) is 18.3 Å². The highest BCUT2D eigenvalue weighted by molar-refractivity contribution is 7.88. The Bertz CT molecular complexity index is 598. The van der Waals surface area contributed by atoms with Gasteiger partial charge in [0, 0.05) is 12.7 Å². The van der Waals surface area contributed by atoms with Crippen LogP contribution in [0.5, 0.6) is 0 Å². The molecule has 0 radical (unpaired) electrons. The molecule has 6 nitrogen and oxygen atoms in total. The number of rotatable bonds is 8. The number of sulfonamides is 1. The third-order valence-electron chi connectivity index (χ3n) is 4.24. The molecule has 1 aliphatic rings. The summed E-state index contributed by atoms with van der Waals surface area (Å²) in [5, 5.41) is 0. The predicted octanol–water partition coefficient (Wildman–Crippen LogP) is 1.87. The van der Waals surface area contributed by atoms with Crippen LogP contribution in [-0.2, 0) is 25.3 Å². The Labute approximate surface area is 137 Å². The zero-order valence-corrected chi connectivity index (χ0v) is 14.2. The smallest absolute Gasteiger partial charge is 0.309 e. The monoisotopic (exact) mass is 340 g/mol. The van der Waals surface area contributed by atoms with Crippen LogP contribution in [0.15, 0.2) is 24.4 Å². The van der Waals surface area contributed by atoms with Gasteiger partial charge in [0.25, 0.3) is 0 Å². The summed E-state index contributed by atoms with van der Waals surface area (Å²) in [5.41, 5.74) is 0.477. The zero-order chi connectivity index (χ0) is 16.7. The molecular weight excluding hydrogens is 316 g/mol. The minimum absolute atomic E-state index is 0.0817. The van der Waals surface area contributed by atoms with Crippen molar-refractivity contribution in [2.75, 3.05) is 13.7 Å². The quantitative estimate of drug-likeness (QED) is 0.730. The Kier molecular flexibility index (Phi) is 6.53. The first-order valence-electron chi connectivity index (χ1n) is 7.95. The Morgan fingerprint density at radius 2 is 2.13 bits per heavy atom. The van der Waals surface area contributed by atoms with E-state index in [2.05, 4.69) is 9.71 Å². The zero-order valence-electron chi connectivity index (χ0n) is 13.4. The average molecular weight is 340 g/mol. The SMILES string of the molecule is COC(=O)C(CNS(=O)(=O)Cc1ccccn1)CC1CCCC1. The molecule has 1 N–H and O–H groups in total. The minimum Gasteiger partial charge on any atom is -0.469 e. The van der Waals surface area contributed by atoms with E-state index < -0.39 is 15.9 Å². The normalized spacial score (nSPS) is 17.1. The molecule has 1 saturated carbocycles. The number of aromatic nitrogens is 1. The van der Waals surface area contributed by atoms with Crippen molar-refractivity contribution in [1.82, 2.24) is 9.71 Å². The van der Waals surface area contributed by atoms with Crippen LogP contribution >= 0.6 is 0 Å². The summed E-state index contributed by atoms with van der Waals surface area (Å²) in [6.45, 7) is 0.0817. The van der Waals surface area contributed by atoms with Crippen LogP contribution in [0.4, 0.5) is 0 Å². The number of ether oxygens (including phenoxy) is 1. The summed E-state index contributed by atoms with van der Waals surface area (Å²) in [4.78, 5) is 15.9. The van der Waals surface area contributed by atoms with Gasteiger partial charge in [0.15, 0.2) is 0 Å². The highest BCUT2D eigenvalue weighted by atomic mass is 32.2. The molecule has 0 spiro atoms. The molecule has 7 heteroatoms. The number of carbonyl (C=O) groups excluding carboxylic acids is 1. The molecule has 1 aromatic rings. The Morgan fingerprint density at radius 1 is 1.39 bits per heavy atom. The van der Waals surface area contributed by atoms with E-state index in [0.717, 1.165) is 12.8 Å². The Morgan fingerprint density at radius 3 is 2.74 bits per heavy atom. The van der Waals surface area contributed by atoms with Crippen LogP contribution < -0.4 is 4.72 Å². The van der Waals surface area contributed by atoms with Gasteiger partial charge in [-0.3, -0.25) is 9.78 Å². The number of hydrogen-bond donors (Lipinski definition) is 1. The summed E-state index contributed by atoms with van der Waals surface area (Å²) in [6, 6.07) is 5.14. The number of nitrogens with zero attached hydrogens (tertiary/aromatic N) is 1. The second kappa shape index (κ2) is 8.40. The van der Waals surface area contributed by atoms with Crippen molar-refractivity contribution in [3.05, 3.63) is 30.1 Å². The molecule has 0 bridgehead atoms. The molecule has 0 aromatic carbocycles. The fourth-order valence-corrected chi connectivity index (χ4v) is 4.15. The Hall–Kier alpha value is -1.47. The maximum absolute atomic E-state index is 12.1. The number of nitrogens with one attached hydrogen (secondary N) is 1. The van der Waals surface area contributed by atoms with Crippen molar-refractivity contribution in [3.8, 4) is 0 Å². The van der Waals surface area contributed by atoms with Gasteiger partial charge in [-0.05, 0) is 24.5 Å². The minimum atomic E-state index is -3.53. The van der Waals surface area contributed by atoms with E-state index in [0.29, 0.717) is 18.0 Å². The number of esters is 1. The molecular formula is C16H24N2O4S. The average Bonchev–Trinajstić information content (AvgIpc) is 3.04. The molecule has 0 aliphatic heterocycles. The molecule has 128 valence electrons. The maximum atomic E-state index is 12.1. The lowest BCUT2D eigenvalue weighted by atomic mass is 9.93. The van der Waals surface area contributed by atoms with Crippen molar-refractivity contribution >= 4 is 16.0 Å². The van der Waals surface area contributed by atoms with Crippen LogP contribution in [0.3, 0.4) is 0 Å². The second-order valence-electron chi connectivity index (χ2n) is 6.03. The predicted molar refractivity (Wildman–Crippen MR) is 86.9 cm³/mol. The van der Waals surface area contributed by atoms with Gasteiger partial charge in [-0.2, -0.15) is 0 Å². The summed E-state index contributed by atoms with van der Waals surface area (Å²) in [5.74, 6) is -0.482. The molecule has 2 rings (SSSR count). The molecule has 1 unspecified atom stereocenters. The maximum Gasteiger partial charge on any atom is 0.309 e. The van der Waals surface area contributed by atoms with Crippen LogP contribution in [-0.4, -0.2) is 33.0 Å². The first-order valence-corrected chi connectivity index (χ1v) is 9.60. The van der Waals surface area contributed by atoms with Gasteiger partial charge < -0.3 is 4.74 Å². The van der Waals surface area contributed by atoms with Crippen LogP contribution in [0.1, 0.15) is 37.8 Å². The van der Waals surface area contributed by atoms with E-state index in [1.807, 2.05) is 0 Å². The number of pyridine rings is 1. The molecule has 1 aromatic heterocycles. The summed E-state index contributed by atoms with van der Waals surface area (Å²) in [6.07, 6.45) is 6.82. The molecule has 0 amide bonds. The number of methoxy groups -OCH3 is 1. The Balaban J connectivity index is 1.92. The van der Waals surface area contributed by atoms with Crippen molar-refractivity contribution in [2.24, 2.45) is 11.8 Å². The lowest BCUT2D eigenvalue weighted by Crippen LogP contribution is -2.35. The third-order valence-corrected chi connectivity index (χ3v) is 5.52. The van der Waals surface area contributed by atoms with E-state index in [1.54, 1.807) is 24.4 Å². The van der Waals surface area contributed by atoms with E-state index in [4.69, 9.17) is 4.74 Å².